The molecular formula is C12H15BrN2O2. The number of halogens is 1. The van der Waals surface area contributed by atoms with Crippen LogP contribution in [0.15, 0.2) is 22.7 Å². The first-order valence-corrected chi connectivity index (χ1v) is 6.33. The van der Waals surface area contributed by atoms with Gasteiger partial charge in [0.2, 0.25) is 0 Å². The average Bonchev–Trinajstić information content (AvgIpc) is 2.64. The molecule has 0 saturated carbocycles. The third-order valence-electron chi connectivity index (χ3n) is 2.97. The number of aryl methyl sites for hydroxylation is 1. The predicted molar refractivity (Wildman–Crippen MR) is 68.8 cm³/mol. The second-order valence-electron chi connectivity index (χ2n) is 4.17. The lowest BCUT2D eigenvalue weighted by atomic mass is 10.0. The SMILES string of the molecule is Cc1ccc(Br)cc1C1CN(CCO)C(=O)N1. The zero-order valence-corrected chi connectivity index (χ0v) is 11.2. The molecule has 0 bridgehead atoms. The monoisotopic (exact) mass is 298 g/mol. The summed E-state index contributed by atoms with van der Waals surface area (Å²) in [4.78, 5) is 13.3. The number of urea groups is 1. The second-order valence-corrected chi connectivity index (χ2v) is 5.09. The topological polar surface area (TPSA) is 52.6 Å². The fourth-order valence-electron chi connectivity index (χ4n) is 2.07. The van der Waals surface area contributed by atoms with E-state index in [1.165, 1.54) is 0 Å². The van der Waals surface area contributed by atoms with E-state index in [0.29, 0.717) is 13.1 Å². The van der Waals surface area contributed by atoms with Gasteiger partial charge in [0, 0.05) is 17.6 Å². The van der Waals surface area contributed by atoms with E-state index in [9.17, 15) is 4.79 Å². The van der Waals surface area contributed by atoms with Crippen molar-refractivity contribution in [1.29, 1.82) is 0 Å². The van der Waals surface area contributed by atoms with Gasteiger partial charge in [-0.15, -0.1) is 0 Å². The lowest BCUT2D eigenvalue weighted by molar-refractivity contribution is 0.196. The molecule has 1 aliphatic rings. The van der Waals surface area contributed by atoms with Gasteiger partial charge in [0.25, 0.3) is 0 Å². The molecule has 92 valence electrons. The Hall–Kier alpha value is -1.07. The van der Waals surface area contributed by atoms with Crippen molar-refractivity contribution in [2.24, 2.45) is 0 Å². The Morgan fingerprint density at radius 2 is 2.35 bits per heavy atom. The minimum absolute atomic E-state index is 0.00237. The summed E-state index contributed by atoms with van der Waals surface area (Å²) >= 11 is 3.44. The fourth-order valence-corrected chi connectivity index (χ4v) is 2.44. The molecule has 0 radical (unpaired) electrons. The molecule has 4 nitrogen and oxygen atoms in total. The Kier molecular flexibility index (Phi) is 3.69. The molecule has 1 saturated heterocycles. The summed E-state index contributed by atoms with van der Waals surface area (Å²) in [5.74, 6) is 0. The molecule has 1 aromatic carbocycles. The van der Waals surface area contributed by atoms with Crippen LogP contribution in [-0.4, -0.2) is 35.7 Å². The van der Waals surface area contributed by atoms with Crippen molar-refractivity contribution in [1.82, 2.24) is 10.2 Å². The summed E-state index contributed by atoms with van der Waals surface area (Å²) in [5, 5.41) is 11.8. The maximum Gasteiger partial charge on any atom is 0.318 e. The van der Waals surface area contributed by atoms with Crippen LogP contribution in [0, 0.1) is 6.92 Å². The van der Waals surface area contributed by atoms with Crippen LogP contribution in [0.25, 0.3) is 0 Å². The zero-order valence-electron chi connectivity index (χ0n) is 9.61. The zero-order chi connectivity index (χ0) is 12.4. The summed E-state index contributed by atoms with van der Waals surface area (Å²) in [6, 6.07) is 5.94. The first kappa shape index (κ1) is 12.4. The summed E-state index contributed by atoms with van der Waals surface area (Å²) in [6.45, 7) is 3.02. The number of hydrogen-bond acceptors (Lipinski definition) is 2. The van der Waals surface area contributed by atoms with Crippen LogP contribution in [-0.2, 0) is 0 Å². The number of nitrogens with one attached hydrogen (secondary N) is 1. The van der Waals surface area contributed by atoms with Crippen LogP contribution in [0.2, 0.25) is 0 Å². The van der Waals surface area contributed by atoms with E-state index in [-0.39, 0.29) is 18.7 Å². The van der Waals surface area contributed by atoms with E-state index < -0.39 is 0 Å². The maximum atomic E-state index is 11.6. The van der Waals surface area contributed by atoms with Crippen molar-refractivity contribution < 1.29 is 9.90 Å². The van der Waals surface area contributed by atoms with Gasteiger partial charge in [0.1, 0.15) is 0 Å². The lowest BCUT2D eigenvalue weighted by Gasteiger charge is -2.14. The molecule has 0 spiro atoms. The van der Waals surface area contributed by atoms with Crippen LogP contribution in [0.1, 0.15) is 17.2 Å². The largest absolute Gasteiger partial charge is 0.395 e. The van der Waals surface area contributed by atoms with Crippen molar-refractivity contribution in [3.05, 3.63) is 33.8 Å². The van der Waals surface area contributed by atoms with Gasteiger partial charge in [-0.25, -0.2) is 4.79 Å². The fraction of sp³-hybridized carbons (Fsp3) is 0.417. The number of amides is 2. The van der Waals surface area contributed by atoms with Crippen LogP contribution in [0.4, 0.5) is 4.79 Å². The number of carbonyl (C=O) groups excluding carboxylic acids is 1. The third-order valence-corrected chi connectivity index (χ3v) is 3.47. The highest BCUT2D eigenvalue weighted by atomic mass is 79.9. The van der Waals surface area contributed by atoms with E-state index in [1.807, 2.05) is 25.1 Å². The van der Waals surface area contributed by atoms with Gasteiger partial charge >= 0.3 is 6.03 Å². The van der Waals surface area contributed by atoms with Gasteiger partial charge in [-0.1, -0.05) is 22.0 Å². The number of aliphatic hydroxyl groups is 1. The van der Waals surface area contributed by atoms with E-state index in [4.69, 9.17) is 5.11 Å². The molecular weight excluding hydrogens is 284 g/mol. The number of carbonyl (C=O) groups is 1. The summed E-state index contributed by atoms with van der Waals surface area (Å²) < 4.78 is 1.01. The normalized spacial score (nSPS) is 19.6. The van der Waals surface area contributed by atoms with E-state index in [2.05, 4.69) is 21.2 Å². The first-order chi connectivity index (χ1) is 8.11. The summed E-state index contributed by atoms with van der Waals surface area (Å²) in [6.07, 6.45) is 0. The first-order valence-electron chi connectivity index (χ1n) is 5.54. The average molecular weight is 299 g/mol. The van der Waals surface area contributed by atoms with Crippen molar-refractivity contribution in [2.45, 2.75) is 13.0 Å². The highest BCUT2D eigenvalue weighted by Crippen LogP contribution is 2.26. The second kappa shape index (κ2) is 5.06. The minimum Gasteiger partial charge on any atom is -0.395 e. The quantitative estimate of drug-likeness (QED) is 0.894. The molecule has 1 aromatic rings. The molecule has 2 N–H and O–H groups in total. The Bertz CT molecular complexity index is 437. The molecule has 1 fully saturated rings. The van der Waals surface area contributed by atoms with Gasteiger partial charge in [-0.2, -0.15) is 0 Å². The highest BCUT2D eigenvalue weighted by molar-refractivity contribution is 9.10. The van der Waals surface area contributed by atoms with E-state index in [0.717, 1.165) is 15.6 Å². The predicted octanol–water partition coefficient (Wildman–Crippen LogP) is 1.82. The highest BCUT2D eigenvalue weighted by Gasteiger charge is 2.29. The third kappa shape index (κ3) is 2.61. The molecule has 0 aromatic heterocycles. The van der Waals surface area contributed by atoms with Crippen LogP contribution >= 0.6 is 15.9 Å². The van der Waals surface area contributed by atoms with E-state index in [1.54, 1.807) is 4.90 Å². The van der Waals surface area contributed by atoms with Crippen molar-refractivity contribution >= 4 is 22.0 Å². The van der Waals surface area contributed by atoms with Crippen LogP contribution in [0.3, 0.4) is 0 Å². The van der Waals surface area contributed by atoms with Gasteiger partial charge in [0.15, 0.2) is 0 Å². The molecule has 1 aliphatic heterocycles. The molecule has 2 rings (SSSR count). The van der Waals surface area contributed by atoms with Crippen molar-refractivity contribution in [2.75, 3.05) is 19.7 Å². The maximum absolute atomic E-state index is 11.6. The molecule has 0 aliphatic carbocycles. The smallest absolute Gasteiger partial charge is 0.318 e. The minimum atomic E-state index is -0.108. The van der Waals surface area contributed by atoms with Crippen molar-refractivity contribution in [3.63, 3.8) is 0 Å². The molecule has 1 heterocycles. The van der Waals surface area contributed by atoms with Gasteiger partial charge in [0.05, 0.1) is 12.6 Å². The summed E-state index contributed by atoms with van der Waals surface area (Å²) in [5.41, 5.74) is 2.28. The van der Waals surface area contributed by atoms with Gasteiger partial charge in [-0.05, 0) is 30.2 Å². The Labute approximate surface area is 109 Å². The number of β-amino-alcohol motifs (C(OH)–C–C–N with tert-alkyl or cyclic N) is 1. The lowest BCUT2D eigenvalue weighted by Crippen LogP contribution is -2.30. The molecule has 2 amide bonds. The molecule has 1 atom stereocenters. The molecule has 5 heteroatoms. The Morgan fingerprint density at radius 3 is 3.06 bits per heavy atom. The standard InChI is InChI=1S/C12H15BrN2O2/c1-8-2-3-9(13)6-10(8)11-7-15(4-5-16)12(17)14-11/h2-3,6,11,16H,4-5,7H2,1H3,(H,14,17). The van der Waals surface area contributed by atoms with Crippen LogP contribution in [0.5, 0.6) is 0 Å². The Balaban J connectivity index is 2.19. The number of nitrogens with zero attached hydrogens (tertiary/aromatic N) is 1. The van der Waals surface area contributed by atoms with Crippen LogP contribution < -0.4 is 5.32 Å². The van der Waals surface area contributed by atoms with Gasteiger partial charge in [-0.3, -0.25) is 0 Å². The van der Waals surface area contributed by atoms with Crippen molar-refractivity contribution in [3.8, 4) is 0 Å². The van der Waals surface area contributed by atoms with Gasteiger partial charge < -0.3 is 15.3 Å². The number of benzene rings is 1. The number of hydrogen-bond donors (Lipinski definition) is 2. The molecule has 17 heavy (non-hydrogen) atoms. The number of rotatable bonds is 3. The molecule has 1 unspecified atom stereocenters. The number of aliphatic hydroxyl groups excluding tert-OH is 1. The summed E-state index contributed by atoms with van der Waals surface area (Å²) in [7, 11) is 0. The van der Waals surface area contributed by atoms with E-state index >= 15 is 0 Å². The Morgan fingerprint density at radius 1 is 1.59 bits per heavy atom.